The van der Waals surface area contributed by atoms with E-state index in [4.69, 9.17) is 36.3 Å². The van der Waals surface area contributed by atoms with Gasteiger partial charge in [0.15, 0.2) is 11.1 Å². The van der Waals surface area contributed by atoms with E-state index in [0.29, 0.717) is 27.7 Å². The molecule has 9 heteroatoms. The van der Waals surface area contributed by atoms with Crippen molar-refractivity contribution in [2.45, 2.75) is 13.0 Å². The van der Waals surface area contributed by atoms with Crippen LogP contribution in [0.3, 0.4) is 0 Å². The number of amidine groups is 2. The van der Waals surface area contributed by atoms with Crippen LogP contribution in [0.15, 0.2) is 47.5 Å². The molecule has 0 saturated carbocycles. The van der Waals surface area contributed by atoms with Gasteiger partial charge in [-0.15, -0.1) is 0 Å². The second kappa shape index (κ2) is 8.86. The molecule has 1 heterocycles. The summed E-state index contributed by atoms with van der Waals surface area (Å²) >= 11 is 4.55. The number of hydrogen-bond donors (Lipinski definition) is 2. The number of ether oxygens (including phenoxy) is 1. The molecule has 7 nitrogen and oxygen atoms in total. The Morgan fingerprint density at radius 2 is 1.97 bits per heavy atom. The Balaban J connectivity index is 2.24. The van der Waals surface area contributed by atoms with Gasteiger partial charge in [-0.2, -0.15) is 0 Å². The number of methoxy groups -OCH3 is 1. The minimum Gasteiger partial charge on any atom is -0.497 e. The molecule has 3 rings (SSSR count). The molecule has 29 heavy (non-hydrogen) atoms. The first kappa shape index (κ1) is 21.2. The lowest BCUT2D eigenvalue weighted by molar-refractivity contribution is 0.344. The molecule has 0 spiro atoms. The van der Waals surface area contributed by atoms with Gasteiger partial charge in [0.1, 0.15) is 23.5 Å². The number of hydrogen-bond acceptors (Lipinski definition) is 6. The maximum absolute atomic E-state index is 11.5. The zero-order chi connectivity index (χ0) is 21.1. The third-order valence-corrected chi connectivity index (χ3v) is 5.11. The first-order chi connectivity index (χ1) is 13.8. The van der Waals surface area contributed by atoms with Gasteiger partial charge in [-0.3, -0.25) is 24.9 Å². The van der Waals surface area contributed by atoms with Crippen LogP contribution in [0.1, 0.15) is 18.1 Å². The van der Waals surface area contributed by atoms with E-state index in [2.05, 4.69) is 0 Å². The van der Waals surface area contributed by atoms with E-state index >= 15 is 0 Å². The Kier molecular flexibility index (Phi) is 6.46. The molecule has 0 aliphatic carbocycles. The number of anilines is 1. The molecule has 2 aromatic carbocycles. The minimum absolute atomic E-state index is 0.0477. The van der Waals surface area contributed by atoms with Gasteiger partial charge in [-0.25, -0.2) is 4.21 Å². The van der Waals surface area contributed by atoms with E-state index in [1.807, 2.05) is 18.2 Å². The Labute approximate surface area is 177 Å². The summed E-state index contributed by atoms with van der Waals surface area (Å²) in [5.41, 5.74) is 2.75. The molecule has 2 atom stereocenters. The van der Waals surface area contributed by atoms with Gasteiger partial charge >= 0.3 is 0 Å². The van der Waals surface area contributed by atoms with Crippen molar-refractivity contribution in [3.8, 4) is 5.75 Å². The largest absolute Gasteiger partial charge is 0.497 e. The number of benzodiazepines with no additional fused rings is 1. The second-order valence-corrected chi connectivity index (χ2v) is 7.85. The highest BCUT2D eigenvalue weighted by atomic mass is 35.5. The van der Waals surface area contributed by atoms with E-state index in [1.165, 1.54) is 11.2 Å². The highest BCUT2D eigenvalue weighted by molar-refractivity contribution is 7.79. The first-order valence-corrected chi connectivity index (χ1v) is 10.6. The van der Waals surface area contributed by atoms with Crippen molar-refractivity contribution in [3.63, 3.8) is 0 Å². The molecule has 2 aromatic rings. The summed E-state index contributed by atoms with van der Waals surface area (Å²) in [5.74, 6) is 0.860. The molecule has 1 aliphatic heterocycles. The van der Waals surface area contributed by atoms with Gasteiger partial charge in [0.2, 0.25) is 0 Å². The van der Waals surface area contributed by atoms with Crippen molar-refractivity contribution in [1.29, 1.82) is 10.8 Å². The molecule has 1 unspecified atom stereocenters. The maximum Gasteiger partial charge on any atom is 0.152 e. The molecule has 0 radical (unpaired) electrons. The lowest BCUT2D eigenvalue weighted by Gasteiger charge is -2.26. The summed E-state index contributed by atoms with van der Waals surface area (Å²) in [6.07, 6.45) is 1.42. The summed E-state index contributed by atoms with van der Waals surface area (Å²) in [6, 6.07) is 11.9. The van der Waals surface area contributed by atoms with Crippen LogP contribution in [0.2, 0.25) is 5.02 Å². The average molecular weight is 433 g/mol. The summed E-state index contributed by atoms with van der Waals surface area (Å²) in [6.45, 7) is 1.56. The molecule has 0 fully saturated rings. The van der Waals surface area contributed by atoms with Crippen LogP contribution in [0.5, 0.6) is 5.75 Å². The zero-order valence-electron chi connectivity index (χ0n) is 16.2. The van der Waals surface area contributed by atoms with E-state index < -0.39 is 17.1 Å². The smallest absolute Gasteiger partial charge is 0.152 e. The molecule has 0 bridgehead atoms. The van der Waals surface area contributed by atoms with Crippen molar-refractivity contribution in [1.82, 2.24) is 0 Å². The topological polar surface area (TPSA) is 98.8 Å². The van der Waals surface area contributed by atoms with Crippen LogP contribution in [0, 0.1) is 10.8 Å². The fraction of sp³-hybridized carbons (Fsp3) is 0.250. The average Bonchev–Trinajstić information content (AvgIpc) is 2.80. The third kappa shape index (κ3) is 4.55. The number of nitrogens with one attached hydrogen (secondary N) is 2. The predicted molar refractivity (Wildman–Crippen MR) is 117 cm³/mol. The number of halogens is 1. The van der Waals surface area contributed by atoms with Gasteiger partial charge in [0, 0.05) is 22.4 Å². The summed E-state index contributed by atoms with van der Waals surface area (Å²) < 4.78 is 22.1. The Bertz CT molecular complexity index is 1010. The van der Waals surface area contributed by atoms with E-state index in [1.54, 1.807) is 38.3 Å². The van der Waals surface area contributed by atoms with Gasteiger partial charge in [0.05, 0.1) is 25.1 Å². The number of aliphatic imine (C=N–C) groups is 1. The minimum atomic E-state index is -1.50. The Morgan fingerprint density at radius 3 is 2.55 bits per heavy atom. The second-order valence-electron chi connectivity index (χ2n) is 6.38. The first-order valence-electron chi connectivity index (χ1n) is 8.74. The summed E-state index contributed by atoms with van der Waals surface area (Å²) in [5, 5.41) is 17.5. The number of rotatable bonds is 5. The lowest BCUT2D eigenvalue weighted by Crippen LogP contribution is -2.42. The molecule has 2 N–H and O–H groups in total. The van der Waals surface area contributed by atoms with Crippen LogP contribution in [-0.4, -0.2) is 47.6 Å². The quantitative estimate of drug-likeness (QED) is 0.556. The van der Waals surface area contributed by atoms with E-state index in [9.17, 15) is 4.21 Å². The molecule has 1 aliphatic rings. The zero-order valence-corrected chi connectivity index (χ0v) is 17.8. The Hall–Kier alpha value is -2.55. The molecule has 152 valence electrons. The number of nitrogens with zero attached hydrogens (tertiary/aromatic N) is 2. The van der Waals surface area contributed by atoms with Gasteiger partial charge in [-0.1, -0.05) is 23.7 Å². The molecular weight excluding hydrogens is 412 g/mol. The highest BCUT2D eigenvalue weighted by Crippen LogP contribution is 2.32. The van der Waals surface area contributed by atoms with Gasteiger partial charge < -0.3 is 4.74 Å². The normalized spacial score (nSPS) is 17.2. The van der Waals surface area contributed by atoms with Crippen molar-refractivity contribution in [2.24, 2.45) is 4.99 Å². The molecule has 0 aromatic heterocycles. The van der Waals surface area contributed by atoms with Crippen LogP contribution >= 0.6 is 11.6 Å². The lowest BCUT2D eigenvalue weighted by atomic mass is 9.99. The van der Waals surface area contributed by atoms with Gasteiger partial charge in [0.25, 0.3) is 0 Å². The van der Waals surface area contributed by atoms with E-state index in [0.717, 1.165) is 5.56 Å². The maximum atomic E-state index is 11.5. The standard InChI is InChI=1S/C20H21ClN4O3S/c1-12(22)25-18-9-8-15(27-2)10-16(18)19(13-4-6-14(21)7-5-13)24-17(20(25)23)11-28-29(3)26/h4-10,17,22-23H,11H2,1-3H3/t17-,29?/m0/s1. The Morgan fingerprint density at radius 1 is 1.28 bits per heavy atom. The van der Waals surface area contributed by atoms with Crippen LogP contribution in [-0.2, 0) is 15.3 Å². The number of benzene rings is 2. The van der Waals surface area contributed by atoms with E-state index in [-0.39, 0.29) is 18.3 Å². The number of fused-ring (bicyclic) bond motifs is 1. The third-order valence-electron chi connectivity index (χ3n) is 4.39. The molecular formula is C20H21ClN4O3S. The van der Waals surface area contributed by atoms with Crippen LogP contribution in [0.25, 0.3) is 0 Å². The van der Waals surface area contributed by atoms with Crippen molar-refractivity contribution < 1.29 is 13.1 Å². The van der Waals surface area contributed by atoms with Crippen molar-refractivity contribution >= 4 is 45.8 Å². The van der Waals surface area contributed by atoms with Crippen molar-refractivity contribution in [3.05, 3.63) is 58.6 Å². The fourth-order valence-electron chi connectivity index (χ4n) is 3.07. The predicted octanol–water partition coefficient (Wildman–Crippen LogP) is 3.66. The van der Waals surface area contributed by atoms with Crippen molar-refractivity contribution in [2.75, 3.05) is 24.9 Å². The SMILES string of the molecule is COc1ccc2c(c1)C(c1ccc(Cl)cc1)=N[C@@H](COS(C)=O)C(=N)N2C(C)=N. The molecule has 0 amide bonds. The monoisotopic (exact) mass is 432 g/mol. The molecule has 0 saturated heterocycles. The van der Waals surface area contributed by atoms with Crippen LogP contribution < -0.4 is 9.64 Å². The summed E-state index contributed by atoms with van der Waals surface area (Å²) in [7, 11) is 1.58. The van der Waals surface area contributed by atoms with Gasteiger partial charge in [-0.05, 0) is 37.3 Å². The van der Waals surface area contributed by atoms with Crippen LogP contribution in [0.4, 0.5) is 5.69 Å². The summed E-state index contributed by atoms with van der Waals surface area (Å²) in [4.78, 5) is 6.28. The highest BCUT2D eigenvalue weighted by Gasteiger charge is 2.31. The fourth-order valence-corrected chi connectivity index (χ4v) is 3.51.